The van der Waals surface area contributed by atoms with Crippen molar-refractivity contribution in [3.8, 4) is 11.3 Å². The number of anilines is 1. The number of imidazole rings is 1. The molecule has 9 nitrogen and oxygen atoms in total. The van der Waals surface area contributed by atoms with E-state index in [1.165, 1.54) is 0 Å². The number of halogens is 1. The molecule has 0 saturated carbocycles. The van der Waals surface area contributed by atoms with Crippen LogP contribution in [0.2, 0.25) is 5.02 Å². The second kappa shape index (κ2) is 12.5. The van der Waals surface area contributed by atoms with Gasteiger partial charge < -0.3 is 15.3 Å². The number of benzene rings is 1. The topological polar surface area (TPSA) is 109 Å². The average Bonchev–Trinajstić information content (AvgIpc) is 3.56. The number of aliphatic carboxylic acids is 1. The number of carbonyl (C=O) groups is 2. The molecule has 10 heteroatoms. The van der Waals surface area contributed by atoms with Gasteiger partial charge in [-0.2, -0.15) is 0 Å². The molecular formula is C28H36ClN5O4. The van der Waals surface area contributed by atoms with Crippen LogP contribution in [0.4, 0.5) is 5.82 Å². The predicted molar refractivity (Wildman–Crippen MR) is 149 cm³/mol. The highest BCUT2D eigenvalue weighted by Gasteiger charge is 2.35. The molecule has 1 amide bonds. The van der Waals surface area contributed by atoms with Crippen molar-refractivity contribution in [3.63, 3.8) is 0 Å². The van der Waals surface area contributed by atoms with Gasteiger partial charge in [-0.3, -0.25) is 18.6 Å². The summed E-state index contributed by atoms with van der Waals surface area (Å²) in [5, 5.41) is 13.0. The zero-order valence-corrected chi connectivity index (χ0v) is 22.8. The van der Waals surface area contributed by atoms with Crippen molar-refractivity contribution >= 4 is 35.1 Å². The molecule has 2 N–H and O–H groups in total. The predicted octanol–water partition coefficient (Wildman–Crippen LogP) is 4.74. The first-order chi connectivity index (χ1) is 18.3. The van der Waals surface area contributed by atoms with Crippen molar-refractivity contribution in [1.29, 1.82) is 0 Å². The number of aromatic nitrogens is 3. The van der Waals surface area contributed by atoms with E-state index in [1.807, 2.05) is 28.5 Å². The molecule has 0 radical (unpaired) electrons. The van der Waals surface area contributed by atoms with Crippen LogP contribution in [-0.2, 0) is 16.1 Å². The van der Waals surface area contributed by atoms with Crippen LogP contribution in [0.3, 0.4) is 0 Å². The van der Waals surface area contributed by atoms with Crippen LogP contribution < -0.4 is 15.8 Å². The van der Waals surface area contributed by atoms with E-state index in [-0.39, 0.29) is 11.5 Å². The molecular weight excluding hydrogens is 506 g/mol. The Bertz CT molecular complexity index is 1330. The molecule has 1 fully saturated rings. The number of rotatable bonds is 12. The van der Waals surface area contributed by atoms with Gasteiger partial charge in [-0.05, 0) is 37.8 Å². The lowest BCUT2D eigenvalue weighted by Crippen LogP contribution is -2.50. The van der Waals surface area contributed by atoms with E-state index >= 15 is 0 Å². The van der Waals surface area contributed by atoms with Crippen molar-refractivity contribution in [2.24, 2.45) is 0 Å². The maximum atomic E-state index is 13.3. The van der Waals surface area contributed by atoms with Gasteiger partial charge in [0.1, 0.15) is 17.9 Å². The number of nitrogens with zero attached hydrogens (tertiary/aromatic N) is 4. The average molecular weight is 542 g/mol. The summed E-state index contributed by atoms with van der Waals surface area (Å²) in [6.07, 6.45) is 8.00. The first-order valence-electron chi connectivity index (χ1n) is 13.5. The molecule has 0 bridgehead atoms. The van der Waals surface area contributed by atoms with Crippen LogP contribution in [0.1, 0.15) is 65.2 Å². The summed E-state index contributed by atoms with van der Waals surface area (Å²) in [4.78, 5) is 45.1. The molecule has 0 spiro atoms. The number of carboxylic acids is 1. The minimum absolute atomic E-state index is 0.230. The molecule has 1 saturated heterocycles. The summed E-state index contributed by atoms with van der Waals surface area (Å²) in [7, 11) is 0. The quantitative estimate of drug-likeness (QED) is 0.321. The fraction of sp³-hybridized carbons (Fsp3) is 0.500. The number of aryl methyl sites for hydroxylation is 1. The molecule has 2 aromatic heterocycles. The molecule has 0 unspecified atom stereocenters. The van der Waals surface area contributed by atoms with Crippen molar-refractivity contribution < 1.29 is 14.7 Å². The normalized spacial score (nSPS) is 16.2. The van der Waals surface area contributed by atoms with Gasteiger partial charge in [0.05, 0.1) is 5.69 Å². The van der Waals surface area contributed by atoms with Crippen molar-refractivity contribution in [2.45, 2.75) is 83.8 Å². The van der Waals surface area contributed by atoms with Crippen LogP contribution >= 0.6 is 11.6 Å². The number of unbranched alkanes of at least 4 members (excludes halogenated alkanes) is 3. The van der Waals surface area contributed by atoms with E-state index in [4.69, 9.17) is 16.6 Å². The zero-order valence-electron chi connectivity index (χ0n) is 22.0. The highest BCUT2D eigenvalue weighted by molar-refractivity contribution is 6.30. The minimum Gasteiger partial charge on any atom is -0.480 e. The van der Waals surface area contributed by atoms with Crippen molar-refractivity contribution in [2.75, 3.05) is 11.4 Å². The fourth-order valence-electron chi connectivity index (χ4n) is 5.06. The third-order valence-corrected chi connectivity index (χ3v) is 7.38. The van der Waals surface area contributed by atoms with Crippen LogP contribution in [0.25, 0.3) is 17.0 Å². The Morgan fingerprint density at radius 2 is 1.89 bits per heavy atom. The first kappa shape index (κ1) is 27.7. The van der Waals surface area contributed by atoms with Crippen LogP contribution in [0.5, 0.6) is 0 Å². The summed E-state index contributed by atoms with van der Waals surface area (Å²) in [5.41, 5.74) is 1.28. The molecule has 204 valence electrons. The molecule has 3 heterocycles. The summed E-state index contributed by atoms with van der Waals surface area (Å²) in [6.45, 7) is 5.36. The lowest BCUT2D eigenvalue weighted by molar-refractivity contribution is -0.142. The lowest BCUT2D eigenvalue weighted by atomic mass is 10.1. The number of carboxylic acid groups (broad SMARTS) is 1. The van der Waals surface area contributed by atoms with Gasteiger partial charge >= 0.3 is 5.97 Å². The largest absolute Gasteiger partial charge is 0.480 e. The molecule has 1 aliphatic rings. The Labute approximate surface area is 227 Å². The fourth-order valence-corrected chi connectivity index (χ4v) is 5.19. The van der Waals surface area contributed by atoms with E-state index in [0.717, 1.165) is 44.1 Å². The lowest BCUT2D eigenvalue weighted by Gasteiger charge is -2.29. The second-order valence-corrected chi connectivity index (χ2v) is 10.3. The smallest absolute Gasteiger partial charge is 0.326 e. The number of fused-ring (bicyclic) bond motifs is 1. The van der Waals surface area contributed by atoms with Gasteiger partial charge in [0.15, 0.2) is 0 Å². The third kappa shape index (κ3) is 6.04. The van der Waals surface area contributed by atoms with Gasteiger partial charge in [0, 0.05) is 35.9 Å². The highest BCUT2D eigenvalue weighted by Crippen LogP contribution is 2.28. The van der Waals surface area contributed by atoms with E-state index in [0.29, 0.717) is 48.2 Å². The van der Waals surface area contributed by atoms with Gasteiger partial charge in [-0.1, -0.05) is 63.3 Å². The van der Waals surface area contributed by atoms with Crippen molar-refractivity contribution in [1.82, 2.24) is 19.3 Å². The number of carbonyl (C=O) groups excluding carboxylic acids is 1. The number of hydrogen-bond acceptors (Lipinski definition) is 5. The van der Waals surface area contributed by atoms with E-state index in [2.05, 4.69) is 12.2 Å². The molecule has 1 aliphatic heterocycles. The highest BCUT2D eigenvalue weighted by atomic mass is 35.5. The first-order valence-corrected chi connectivity index (χ1v) is 13.9. The van der Waals surface area contributed by atoms with E-state index in [9.17, 15) is 19.5 Å². The van der Waals surface area contributed by atoms with Gasteiger partial charge in [0.2, 0.25) is 11.7 Å². The maximum Gasteiger partial charge on any atom is 0.326 e. The Morgan fingerprint density at radius 3 is 2.58 bits per heavy atom. The monoisotopic (exact) mass is 541 g/mol. The molecule has 4 rings (SSSR count). The van der Waals surface area contributed by atoms with Crippen molar-refractivity contribution in [3.05, 3.63) is 51.9 Å². The second-order valence-electron chi connectivity index (χ2n) is 9.90. The summed E-state index contributed by atoms with van der Waals surface area (Å²) >= 11 is 6.06. The Morgan fingerprint density at radius 1 is 1.16 bits per heavy atom. The molecule has 0 aliphatic carbocycles. The van der Waals surface area contributed by atoms with Crippen LogP contribution in [-0.4, -0.2) is 49.6 Å². The number of hydrogen-bond donors (Lipinski definition) is 2. The summed E-state index contributed by atoms with van der Waals surface area (Å²) < 4.78 is 3.57. The maximum absolute atomic E-state index is 13.3. The Hall–Kier alpha value is -3.33. The Kier molecular flexibility index (Phi) is 9.09. The Balaban J connectivity index is 1.72. The van der Waals surface area contributed by atoms with Crippen LogP contribution in [0, 0.1) is 0 Å². The zero-order chi connectivity index (χ0) is 27.2. The SMILES string of the molecule is CCCCCn1c(N2CCC[C@H]2C(=O)N[C@@H](CCCC)C(=O)O)cc(=O)n2cc(-c3ccc(Cl)cc3)nc12. The molecule has 2 atom stereocenters. The minimum atomic E-state index is -1.03. The molecule has 38 heavy (non-hydrogen) atoms. The molecule has 1 aromatic carbocycles. The van der Waals surface area contributed by atoms with E-state index in [1.54, 1.807) is 28.8 Å². The standard InChI is InChI=1S/C28H36ClN5O4/c1-3-5-7-15-33-24(32-16-8-10-23(32)26(36)30-21(27(37)38)9-6-4-2)17-25(35)34-18-22(31-28(33)34)19-11-13-20(29)14-12-19/h11-14,17-18,21,23H,3-10,15-16H2,1-2H3,(H,30,36)(H,37,38)/t21-,23-/m0/s1. The van der Waals surface area contributed by atoms with Gasteiger partial charge in [0.25, 0.3) is 5.56 Å². The summed E-state index contributed by atoms with van der Waals surface area (Å²) in [6, 6.07) is 7.42. The van der Waals surface area contributed by atoms with Crippen LogP contribution in [0.15, 0.2) is 41.3 Å². The number of nitrogens with one attached hydrogen (secondary N) is 1. The van der Waals surface area contributed by atoms with Gasteiger partial charge in [-0.15, -0.1) is 0 Å². The summed E-state index contributed by atoms with van der Waals surface area (Å²) in [5.74, 6) is -0.180. The number of amides is 1. The van der Waals surface area contributed by atoms with Gasteiger partial charge in [-0.25, -0.2) is 9.78 Å². The van der Waals surface area contributed by atoms with E-state index < -0.39 is 18.1 Å². The third-order valence-electron chi connectivity index (χ3n) is 7.13. The molecule has 3 aromatic rings.